The van der Waals surface area contributed by atoms with E-state index in [1.54, 1.807) is 6.07 Å². The molecule has 4 rings (SSSR count). The molecule has 0 N–H and O–H groups in total. The van der Waals surface area contributed by atoms with Gasteiger partial charge in [-0.25, -0.2) is 9.67 Å². The lowest BCUT2D eigenvalue weighted by Gasteiger charge is -2.14. The summed E-state index contributed by atoms with van der Waals surface area (Å²) >= 11 is 12.6. The van der Waals surface area contributed by atoms with Gasteiger partial charge in [0.25, 0.3) is 5.56 Å². The summed E-state index contributed by atoms with van der Waals surface area (Å²) in [5.41, 5.74) is 2.32. The molecule has 30 heavy (non-hydrogen) atoms. The molecule has 0 aliphatic carbocycles. The van der Waals surface area contributed by atoms with Crippen LogP contribution in [0.5, 0.6) is 0 Å². The number of nitriles is 1. The monoisotopic (exact) mass is 437 g/mol. The molecule has 1 unspecified atom stereocenters. The Bertz CT molecular complexity index is 1340. The van der Waals surface area contributed by atoms with Crippen LogP contribution in [0.3, 0.4) is 0 Å². The highest BCUT2D eigenvalue weighted by molar-refractivity contribution is 6.31. The lowest BCUT2D eigenvalue weighted by molar-refractivity contribution is 0.629. The number of para-hydroxylation sites is 2. The van der Waals surface area contributed by atoms with E-state index in [1.807, 2.05) is 54.0 Å². The average molecular weight is 438 g/mol. The number of nitrogens with zero attached hydrogens (tertiary/aromatic N) is 5. The Kier molecular flexibility index (Phi) is 5.58. The molecular weight excluding hydrogens is 421 g/mol. The molecule has 4 aromatic rings. The summed E-state index contributed by atoms with van der Waals surface area (Å²) in [6.45, 7) is 2.79. The smallest absolute Gasteiger partial charge is 0.286 e. The van der Waals surface area contributed by atoms with Gasteiger partial charge in [-0.05, 0) is 30.7 Å². The molecule has 0 aliphatic heterocycles. The van der Waals surface area contributed by atoms with Crippen molar-refractivity contribution in [1.29, 1.82) is 5.26 Å². The van der Waals surface area contributed by atoms with Crippen LogP contribution >= 0.6 is 23.2 Å². The molecule has 0 fully saturated rings. The first-order valence-corrected chi connectivity index (χ1v) is 10.1. The van der Waals surface area contributed by atoms with Crippen LogP contribution in [0.2, 0.25) is 10.0 Å². The number of halogens is 2. The maximum Gasteiger partial charge on any atom is 0.286 e. The third kappa shape index (κ3) is 3.47. The minimum atomic E-state index is -0.819. The summed E-state index contributed by atoms with van der Waals surface area (Å²) in [5, 5.41) is 14.7. The molecule has 2 aromatic heterocycles. The van der Waals surface area contributed by atoms with E-state index in [2.05, 4.69) is 16.2 Å². The minimum absolute atomic E-state index is 0.0432. The van der Waals surface area contributed by atoms with Crippen LogP contribution in [-0.2, 0) is 13.1 Å². The first kappa shape index (κ1) is 20.1. The lowest BCUT2D eigenvalue weighted by atomic mass is 10.0. The normalized spacial score (nSPS) is 12.1. The Balaban J connectivity index is 1.79. The van der Waals surface area contributed by atoms with Crippen LogP contribution in [-0.4, -0.2) is 19.3 Å². The lowest BCUT2D eigenvalue weighted by Crippen LogP contribution is -2.26. The molecule has 1 atom stereocenters. The van der Waals surface area contributed by atoms with Crippen molar-refractivity contribution in [3.63, 3.8) is 0 Å². The number of rotatable bonds is 5. The Hall–Kier alpha value is -3.14. The highest BCUT2D eigenvalue weighted by Gasteiger charge is 2.26. The summed E-state index contributed by atoms with van der Waals surface area (Å²) in [6, 6.07) is 17.1. The Morgan fingerprint density at radius 3 is 2.60 bits per heavy atom. The number of hydrogen-bond donors (Lipinski definition) is 0. The van der Waals surface area contributed by atoms with Gasteiger partial charge in [-0.15, -0.1) is 0 Å². The van der Waals surface area contributed by atoms with Gasteiger partial charge in [0.05, 0.1) is 29.8 Å². The molecule has 0 spiro atoms. The van der Waals surface area contributed by atoms with Crippen molar-refractivity contribution in [2.24, 2.45) is 0 Å². The predicted octanol–water partition coefficient (Wildman–Crippen LogP) is 4.62. The molecule has 0 saturated heterocycles. The molecule has 0 amide bonds. The summed E-state index contributed by atoms with van der Waals surface area (Å²) in [7, 11) is 0. The maximum atomic E-state index is 12.9. The molecule has 6 nitrogen and oxygen atoms in total. The zero-order chi connectivity index (χ0) is 21.3. The summed E-state index contributed by atoms with van der Waals surface area (Å²) < 4.78 is 3.19. The Morgan fingerprint density at radius 1 is 1.13 bits per heavy atom. The van der Waals surface area contributed by atoms with E-state index < -0.39 is 11.5 Å². The van der Waals surface area contributed by atoms with E-state index in [1.165, 1.54) is 10.9 Å². The fourth-order valence-electron chi connectivity index (χ4n) is 3.49. The SMILES string of the molecule is CCn1c(C(C#N)c2cnn(Cc3ccccc3Cl)c(=O)c2Cl)nc2ccccc21. The van der Waals surface area contributed by atoms with E-state index >= 15 is 0 Å². The average Bonchev–Trinajstić information content (AvgIpc) is 3.13. The molecule has 2 aromatic carbocycles. The molecule has 0 radical (unpaired) electrons. The van der Waals surface area contributed by atoms with Gasteiger partial charge in [-0.2, -0.15) is 10.4 Å². The van der Waals surface area contributed by atoms with Crippen molar-refractivity contribution < 1.29 is 0 Å². The zero-order valence-electron chi connectivity index (χ0n) is 16.1. The number of imidazole rings is 1. The van der Waals surface area contributed by atoms with Crippen LogP contribution in [0.4, 0.5) is 0 Å². The second-order valence-electron chi connectivity index (χ2n) is 6.73. The van der Waals surface area contributed by atoms with Gasteiger partial charge >= 0.3 is 0 Å². The van der Waals surface area contributed by atoms with Crippen molar-refractivity contribution >= 4 is 34.2 Å². The number of fused-ring (bicyclic) bond motifs is 1. The fraction of sp³-hybridized carbons (Fsp3) is 0.182. The van der Waals surface area contributed by atoms with Crippen LogP contribution in [0.1, 0.15) is 29.8 Å². The van der Waals surface area contributed by atoms with Crippen LogP contribution in [0, 0.1) is 11.3 Å². The molecule has 150 valence electrons. The Labute approximate surface area is 182 Å². The van der Waals surface area contributed by atoms with Gasteiger partial charge < -0.3 is 4.57 Å². The van der Waals surface area contributed by atoms with Crippen LogP contribution in [0.25, 0.3) is 11.0 Å². The van der Waals surface area contributed by atoms with Gasteiger partial charge in [-0.3, -0.25) is 4.79 Å². The number of hydrogen-bond acceptors (Lipinski definition) is 4. The summed E-state index contributed by atoms with van der Waals surface area (Å²) in [6.07, 6.45) is 1.47. The third-order valence-corrected chi connectivity index (χ3v) is 5.74. The molecule has 0 aliphatic rings. The van der Waals surface area contributed by atoms with Gasteiger partial charge in [0, 0.05) is 17.1 Å². The first-order valence-electron chi connectivity index (χ1n) is 9.38. The summed E-state index contributed by atoms with van der Waals surface area (Å²) in [4.78, 5) is 17.5. The molecule has 8 heteroatoms. The fourth-order valence-corrected chi connectivity index (χ4v) is 3.94. The topological polar surface area (TPSA) is 76.5 Å². The van der Waals surface area contributed by atoms with E-state index in [4.69, 9.17) is 23.2 Å². The second kappa shape index (κ2) is 8.31. The van der Waals surface area contributed by atoms with E-state index in [0.29, 0.717) is 23.0 Å². The number of aromatic nitrogens is 4. The highest BCUT2D eigenvalue weighted by atomic mass is 35.5. The van der Waals surface area contributed by atoms with E-state index in [0.717, 1.165) is 16.6 Å². The molecule has 0 saturated carbocycles. The van der Waals surface area contributed by atoms with Crippen molar-refractivity contribution in [2.45, 2.75) is 25.9 Å². The molecule has 2 heterocycles. The quantitative estimate of drug-likeness (QED) is 0.456. The largest absolute Gasteiger partial charge is 0.327 e. The standard InChI is InChI=1S/C22H17Cl2N5O/c1-2-28-19-10-6-5-9-18(19)27-21(28)15(11-25)16-12-26-29(22(30)20(16)24)13-14-7-3-4-8-17(14)23/h3-10,12,15H,2,13H2,1H3. The van der Waals surface area contributed by atoms with Gasteiger partial charge in [0.15, 0.2) is 0 Å². The number of benzene rings is 2. The van der Waals surface area contributed by atoms with E-state index in [9.17, 15) is 10.1 Å². The van der Waals surface area contributed by atoms with Crippen LogP contribution < -0.4 is 5.56 Å². The van der Waals surface area contributed by atoms with Crippen molar-refractivity contribution in [3.8, 4) is 6.07 Å². The van der Waals surface area contributed by atoms with Gasteiger partial charge in [0.2, 0.25) is 0 Å². The minimum Gasteiger partial charge on any atom is -0.327 e. The van der Waals surface area contributed by atoms with Crippen molar-refractivity contribution in [3.05, 3.63) is 92.1 Å². The van der Waals surface area contributed by atoms with Crippen molar-refractivity contribution in [2.75, 3.05) is 0 Å². The third-order valence-electron chi connectivity index (χ3n) is 4.99. The molecular formula is C22H17Cl2N5O. The number of aryl methyl sites for hydroxylation is 1. The zero-order valence-corrected chi connectivity index (χ0v) is 17.6. The van der Waals surface area contributed by atoms with Gasteiger partial charge in [0.1, 0.15) is 16.8 Å². The van der Waals surface area contributed by atoms with Crippen LogP contribution in [0.15, 0.2) is 59.5 Å². The van der Waals surface area contributed by atoms with E-state index in [-0.39, 0.29) is 11.6 Å². The Morgan fingerprint density at radius 2 is 1.87 bits per heavy atom. The second-order valence-corrected chi connectivity index (χ2v) is 7.52. The molecule has 0 bridgehead atoms. The maximum absolute atomic E-state index is 12.9. The first-order chi connectivity index (χ1) is 14.5. The van der Waals surface area contributed by atoms with Gasteiger partial charge in [-0.1, -0.05) is 53.5 Å². The summed E-state index contributed by atoms with van der Waals surface area (Å²) in [5.74, 6) is -0.284. The predicted molar refractivity (Wildman–Crippen MR) is 117 cm³/mol. The van der Waals surface area contributed by atoms with Crippen molar-refractivity contribution in [1.82, 2.24) is 19.3 Å². The highest BCUT2D eigenvalue weighted by Crippen LogP contribution is 2.30.